The lowest BCUT2D eigenvalue weighted by Gasteiger charge is -2.37. The van der Waals surface area contributed by atoms with Crippen molar-refractivity contribution in [3.63, 3.8) is 0 Å². The highest BCUT2D eigenvalue weighted by Gasteiger charge is 2.32. The van der Waals surface area contributed by atoms with E-state index >= 15 is 0 Å². The van der Waals surface area contributed by atoms with Gasteiger partial charge in [0.1, 0.15) is 6.61 Å². The minimum atomic E-state index is -0.0301. The number of carbonyl (C=O) groups is 1. The van der Waals surface area contributed by atoms with Gasteiger partial charge in [-0.25, -0.2) is 0 Å². The van der Waals surface area contributed by atoms with Gasteiger partial charge in [-0.3, -0.25) is 4.79 Å². The molecule has 1 amide bonds. The fourth-order valence-electron chi connectivity index (χ4n) is 2.28. The highest BCUT2D eigenvalue weighted by atomic mass is 16.5. The van der Waals surface area contributed by atoms with Crippen molar-refractivity contribution in [3.8, 4) is 0 Å². The molecule has 0 aromatic rings. The van der Waals surface area contributed by atoms with Crippen molar-refractivity contribution >= 4 is 5.91 Å². The van der Waals surface area contributed by atoms with E-state index in [1.807, 2.05) is 6.92 Å². The largest absolute Gasteiger partial charge is 0.384 e. The summed E-state index contributed by atoms with van der Waals surface area (Å²) in [5, 5.41) is 6.30. The van der Waals surface area contributed by atoms with Crippen LogP contribution in [-0.4, -0.2) is 52.5 Å². The Hall–Kier alpha value is -0.650. The molecule has 0 atom stereocenters. The summed E-state index contributed by atoms with van der Waals surface area (Å²) in [5.41, 5.74) is 0.0837. The van der Waals surface area contributed by atoms with Crippen LogP contribution in [0.5, 0.6) is 0 Å². The Kier molecular flexibility index (Phi) is 7.23. The summed E-state index contributed by atoms with van der Waals surface area (Å²) in [6.07, 6.45) is 3.01. The molecule has 0 spiro atoms. The van der Waals surface area contributed by atoms with Gasteiger partial charge < -0.3 is 20.1 Å². The molecule has 2 N–H and O–H groups in total. The van der Waals surface area contributed by atoms with E-state index in [0.717, 1.165) is 32.4 Å². The molecular weight excluding hydrogens is 232 g/mol. The van der Waals surface area contributed by atoms with Gasteiger partial charge in [-0.2, -0.15) is 0 Å². The molecule has 1 rings (SSSR count). The van der Waals surface area contributed by atoms with E-state index in [1.54, 1.807) is 7.11 Å². The van der Waals surface area contributed by atoms with E-state index < -0.39 is 0 Å². The topological polar surface area (TPSA) is 59.6 Å². The van der Waals surface area contributed by atoms with Crippen LogP contribution < -0.4 is 10.6 Å². The van der Waals surface area contributed by atoms with E-state index in [0.29, 0.717) is 19.8 Å². The maximum Gasteiger partial charge on any atom is 0.246 e. The van der Waals surface area contributed by atoms with Crippen LogP contribution in [0, 0.1) is 5.41 Å². The van der Waals surface area contributed by atoms with Crippen LogP contribution >= 0.6 is 0 Å². The van der Waals surface area contributed by atoms with Crippen LogP contribution in [-0.2, 0) is 14.3 Å². The molecule has 0 aromatic heterocycles. The van der Waals surface area contributed by atoms with E-state index in [-0.39, 0.29) is 17.9 Å². The first kappa shape index (κ1) is 15.4. The van der Waals surface area contributed by atoms with Crippen LogP contribution in [0.25, 0.3) is 0 Å². The fourth-order valence-corrected chi connectivity index (χ4v) is 2.28. The van der Waals surface area contributed by atoms with Crippen LogP contribution in [0.2, 0.25) is 0 Å². The monoisotopic (exact) mass is 258 g/mol. The average Bonchev–Trinajstić information content (AvgIpc) is 2.38. The molecule has 0 unspecified atom stereocenters. The Morgan fingerprint density at radius 3 is 2.72 bits per heavy atom. The van der Waals surface area contributed by atoms with E-state index in [2.05, 4.69) is 10.6 Å². The van der Waals surface area contributed by atoms with Gasteiger partial charge in [-0.05, 0) is 32.4 Å². The van der Waals surface area contributed by atoms with Gasteiger partial charge in [0, 0.05) is 25.7 Å². The molecule has 1 saturated heterocycles. The molecular formula is C13H26N2O3. The first-order valence-corrected chi connectivity index (χ1v) is 6.76. The smallest absolute Gasteiger partial charge is 0.246 e. The van der Waals surface area contributed by atoms with Crippen molar-refractivity contribution in [2.24, 2.45) is 5.41 Å². The van der Waals surface area contributed by atoms with Crippen molar-refractivity contribution in [1.82, 2.24) is 10.6 Å². The van der Waals surface area contributed by atoms with Gasteiger partial charge >= 0.3 is 0 Å². The Morgan fingerprint density at radius 1 is 1.39 bits per heavy atom. The van der Waals surface area contributed by atoms with E-state index in [9.17, 15) is 4.79 Å². The third kappa shape index (κ3) is 5.33. The predicted octanol–water partition coefficient (Wildman–Crippen LogP) is 0.545. The van der Waals surface area contributed by atoms with Gasteiger partial charge in [0.25, 0.3) is 0 Å². The van der Waals surface area contributed by atoms with Crippen molar-refractivity contribution < 1.29 is 14.3 Å². The maximum atomic E-state index is 11.6. The van der Waals surface area contributed by atoms with Crippen molar-refractivity contribution in [1.29, 1.82) is 0 Å². The summed E-state index contributed by atoms with van der Waals surface area (Å²) in [6.45, 7) is 6.19. The summed E-state index contributed by atoms with van der Waals surface area (Å²) in [6, 6.07) is 0. The SMILES string of the molecule is CCCOCC(=O)NCC1(COC)CCNCC1. The second kappa shape index (κ2) is 8.45. The number of piperidine rings is 1. The van der Waals surface area contributed by atoms with Gasteiger partial charge in [0.05, 0.1) is 6.61 Å². The van der Waals surface area contributed by atoms with Gasteiger partial charge in [-0.1, -0.05) is 6.92 Å². The summed E-state index contributed by atoms with van der Waals surface area (Å²) in [4.78, 5) is 11.6. The molecule has 1 fully saturated rings. The molecule has 5 nitrogen and oxygen atoms in total. The lowest BCUT2D eigenvalue weighted by molar-refractivity contribution is -0.126. The van der Waals surface area contributed by atoms with Crippen LogP contribution in [0.15, 0.2) is 0 Å². The Morgan fingerprint density at radius 2 is 2.11 bits per heavy atom. The average molecular weight is 258 g/mol. The predicted molar refractivity (Wildman–Crippen MR) is 70.5 cm³/mol. The second-order valence-electron chi connectivity index (χ2n) is 5.01. The minimum absolute atomic E-state index is 0.0301. The molecule has 1 aliphatic rings. The number of ether oxygens (including phenoxy) is 2. The Bertz CT molecular complexity index is 235. The number of amides is 1. The standard InChI is InChI=1S/C13H26N2O3/c1-3-8-18-9-12(16)15-10-13(11-17-2)4-6-14-7-5-13/h14H,3-11H2,1-2H3,(H,15,16). The molecule has 0 radical (unpaired) electrons. The lowest BCUT2D eigenvalue weighted by Crippen LogP contribution is -2.47. The van der Waals surface area contributed by atoms with Gasteiger partial charge in [0.15, 0.2) is 0 Å². The van der Waals surface area contributed by atoms with Gasteiger partial charge in [0.2, 0.25) is 5.91 Å². The molecule has 1 aliphatic heterocycles. The number of hydrogen-bond acceptors (Lipinski definition) is 4. The van der Waals surface area contributed by atoms with Crippen LogP contribution in [0.3, 0.4) is 0 Å². The van der Waals surface area contributed by atoms with E-state index in [4.69, 9.17) is 9.47 Å². The van der Waals surface area contributed by atoms with Crippen LogP contribution in [0.1, 0.15) is 26.2 Å². The highest BCUT2D eigenvalue weighted by Crippen LogP contribution is 2.28. The first-order chi connectivity index (χ1) is 8.72. The number of carbonyl (C=O) groups excluding carboxylic acids is 1. The third-order valence-electron chi connectivity index (χ3n) is 3.36. The molecule has 0 bridgehead atoms. The van der Waals surface area contributed by atoms with Crippen LogP contribution in [0.4, 0.5) is 0 Å². The molecule has 0 aliphatic carbocycles. The zero-order valence-corrected chi connectivity index (χ0v) is 11.6. The minimum Gasteiger partial charge on any atom is -0.384 e. The van der Waals surface area contributed by atoms with Crippen molar-refractivity contribution in [3.05, 3.63) is 0 Å². The molecule has 0 saturated carbocycles. The first-order valence-electron chi connectivity index (χ1n) is 6.76. The Balaban J connectivity index is 2.30. The number of methoxy groups -OCH3 is 1. The zero-order chi connectivity index (χ0) is 13.3. The molecule has 106 valence electrons. The van der Waals surface area contributed by atoms with E-state index in [1.165, 1.54) is 0 Å². The summed E-state index contributed by atoms with van der Waals surface area (Å²) in [5.74, 6) is -0.0301. The van der Waals surface area contributed by atoms with Crippen molar-refractivity contribution in [2.75, 3.05) is 46.6 Å². The number of hydrogen-bond donors (Lipinski definition) is 2. The molecule has 5 heteroatoms. The summed E-state index contributed by atoms with van der Waals surface area (Å²) < 4.78 is 10.5. The normalized spacial score (nSPS) is 18.6. The maximum absolute atomic E-state index is 11.6. The summed E-state index contributed by atoms with van der Waals surface area (Å²) >= 11 is 0. The summed E-state index contributed by atoms with van der Waals surface area (Å²) in [7, 11) is 1.72. The molecule has 18 heavy (non-hydrogen) atoms. The highest BCUT2D eigenvalue weighted by molar-refractivity contribution is 5.77. The molecule has 1 heterocycles. The number of rotatable bonds is 8. The Labute approximate surface area is 110 Å². The number of nitrogens with one attached hydrogen (secondary N) is 2. The van der Waals surface area contributed by atoms with Crippen molar-refractivity contribution in [2.45, 2.75) is 26.2 Å². The zero-order valence-electron chi connectivity index (χ0n) is 11.6. The third-order valence-corrected chi connectivity index (χ3v) is 3.36. The quantitative estimate of drug-likeness (QED) is 0.624. The molecule has 0 aromatic carbocycles. The van der Waals surface area contributed by atoms with Gasteiger partial charge in [-0.15, -0.1) is 0 Å². The fraction of sp³-hybridized carbons (Fsp3) is 0.923. The lowest BCUT2D eigenvalue weighted by atomic mass is 9.79. The second-order valence-corrected chi connectivity index (χ2v) is 5.01.